The van der Waals surface area contributed by atoms with E-state index in [-0.39, 0.29) is 31.0 Å². The molecule has 1 heterocycles. The molecule has 0 aromatic heterocycles. The van der Waals surface area contributed by atoms with Crippen molar-refractivity contribution in [2.45, 2.75) is 53.1 Å². The molecule has 8 nitrogen and oxygen atoms in total. The second-order valence-corrected chi connectivity index (χ2v) is 9.09. The first-order valence-electron chi connectivity index (χ1n) is 12.0. The van der Waals surface area contributed by atoms with E-state index in [4.69, 9.17) is 18.9 Å². The fraction of sp³-hybridized carbons (Fsp3) is 0.519. The Morgan fingerprint density at radius 2 is 1.83 bits per heavy atom. The van der Waals surface area contributed by atoms with E-state index in [1.165, 1.54) is 7.11 Å². The van der Waals surface area contributed by atoms with Crippen molar-refractivity contribution < 1.29 is 33.3 Å². The maximum absolute atomic E-state index is 13.7. The Kier molecular flexibility index (Phi) is 8.72. The molecule has 0 saturated heterocycles. The monoisotopic (exact) mass is 485 g/mol. The Bertz CT molecular complexity index is 1020. The zero-order valence-corrected chi connectivity index (χ0v) is 21.3. The summed E-state index contributed by atoms with van der Waals surface area (Å²) in [6, 6.07) is 7.30. The van der Waals surface area contributed by atoms with Gasteiger partial charge in [0.05, 0.1) is 32.0 Å². The molecule has 1 N–H and O–H groups in total. The van der Waals surface area contributed by atoms with E-state index >= 15 is 0 Å². The molecule has 1 aliphatic carbocycles. The number of esters is 2. The van der Waals surface area contributed by atoms with Gasteiger partial charge in [0.25, 0.3) is 0 Å². The summed E-state index contributed by atoms with van der Waals surface area (Å²) in [6.45, 7) is 10.2. The van der Waals surface area contributed by atoms with Gasteiger partial charge in [0.1, 0.15) is 18.3 Å². The molecule has 190 valence electrons. The van der Waals surface area contributed by atoms with Crippen molar-refractivity contribution in [3.05, 3.63) is 52.4 Å². The van der Waals surface area contributed by atoms with E-state index in [0.29, 0.717) is 35.6 Å². The lowest BCUT2D eigenvalue weighted by atomic mass is 9.69. The van der Waals surface area contributed by atoms with Gasteiger partial charge in [0, 0.05) is 22.9 Å². The molecular weight excluding hydrogens is 450 g/mol. The van der Waals surface area contributed by atoms with Crippen LogP contribution in [0.4, 0.5) is 0 Å². The predicted molar refractivity (Wildman–Crippen MR) is 130 cm³/mol. The number of benzene rings is 1. The summed E-state index contributed by atoms with van der Waals surface area (Å²) in [6.07, 6.45) is 0.503. The average Bonchev–Trinajstić information content (AvgIpc) is 2.81. The van der Waals surface area contributed by atoms with Crippen molar-refractivity contribution in [3.8, 4) is 5.75 Å². The minimum absolute atomic E-state index is 0.0208. The van der Waals surface area contributed by atoms with E-state index in [0.717, 1.165) is 11.3 Å². The summed E-state index contributed by atoms with van der Waals surface area (Å²) in [5.74, 6) is -2.61. The quantitative estimate of drug-likeness (QED) is 0.321. The Balaban J connectivity index is 2.03. The number of allylic oxidation sites excluding steroid dienone is 3. The van der Waals surface area contributed by atoms with Crippen LogP contribution in [0.3, 0.4) is 0 Å². The van der Waals surface area contributed by atoms with Crippen molar-refractivity contribution in [1.29, 1.82) is 0 Å². The van der Waals surface area contributed by atoms with E-state index in [2.05, 4.69) is 5.32 Å². The molecule has 0 saturated carbocycles. The molecule has 0 radical (unpaired) electrons. The zero-order chi connectivity index (χ0) is 25.7. The summed E-state index contributed by atoms with van der Waals surface area (Å²) in [5, 5.41) is 3.26. The third kappa shape index (κ3) is 5.75. The van der Waals surface area contributed by atoms with Crippen LogP contribution in [0.15, 0.2) is 46.8 Å². The molecule has 1 aromatic rings. The maximum Gasteiger partial charge on any atom is 0.336 e. The second-order valence-electron chi connectivity index (χ2n) is 9.09. The summed E-state index contributed by atoms with van der Waals surface area (Å²) < 4.78 is 21.5. The highest BCUT2D eigenvalue weighted by atomic mass is 16.6. The maximum atomic E-state index is 13.7. The van der Waals surface area contributed by atoms with Crippen molar-refractivity contribution in [2.24, 2.45) is 11.8 Å². The summed E-state index contributed by atoms with van der Waals surface area (Å²) in [5.41, 5.74) is 2.81. The number of ether oxygens (including phenoxy) is 4. The number of methoxy groups -OCH3 is 1. The molecule has 0 amide bonds. The number of Topliss-reactive ketones (excluding diaryl/α,β-unsaturated/α-hetero) is 1. The number of hydrogen-bond donors (Lipinski definition) is 1. The molecule has 3 atom stereocenters. The largest absolute Gasteiger partial charge is 0.494 e. The van der Waals surface area contributed by atoms with Crippen molar-refractivity contribution in [1.82, 2.24) is 5.32 Å². The molecular formula is C27H35NO7. The standard InChI is InChI=1S/C27H35NO7/c1-7-33-19-10-8-18(9-11-19)23-22(27(31)35-13-12-34-15(2)3)17(5)28-20-14-16(4)21(26(30)32-6)25(29)24(20)23/h8-11,15-16,21,23,28H,7,12-14H2,1-6H3/t16-,21+,23-/m1/s1. The van der Waals surface area contributed by atoms with Crippen LogP contribution in [0.5, 0.6) is 5.75 Å². The SMILES string of the molecule is CCOc1ccc([C@@H]2C(C(=O)OCCOC(C)C)=C(C)NC3=C2C(=O)[C@@H](C(=O)OC)[C@H](C)C3)cc1. The van der Waals surface area contributed by atoms with Crippen LogP contribution in [0, 0.1) is 11.8 Å². The summed E-state index contributed by atoms with van der Waals surface area (Å²) >= 11 is 0. The third-order valence-electron chi connectivity index (χ3n) is 6.26. The molecule has 0 spiro atoms. The lowest BCUT2D eigenvalue weighted by Gasteiger charge is -2.38. The molecule has 3 rings (SSSR count). The van der Waals surface area contributed by atoms with Gasteiger partial charge in [-0.05, 0) is 57.7 Å². The molecule has 1 aliphatic heterocycles. The zero-order valence-electron chi connectivity index (χ0n) is 21.3. The molecule has 35 heavy (non-hydrogen) atoms. The number of carbonyl (C=O) groups is 3. The fourth-order valence-electron chi connectivity index (χ4n) is 4.70. The van der Waals surface area contributed by atoms with E-state index in [1.54, 1.807) is 6.92 Å². The normalized spacial score (nSPS) is 22.0. The molecule has 2 aliphatic rings. The third-order valence-corrected chi connectivity index (χ3v) is 6.26. The number of nitrogens with one attached hydrogen (secondary N) is 1. The van der Waals surface area contributed by atoms with Crippen LogP contribution in [0.1, 0.15) is 52.5 Å². The van der Waals surface area contributed by atoms with E-state index in [1.807, 2.05) is 52.0 Å². The van der Waals surface area contributed by atoms with Gasteiger partial charge in [-0.3, -0.25) is 9.59 Å². The molecule has 0 fully saturated rings. The summed E-state index contributed by atoms with van der Waals surface area (Å²) in [7, 11) is 1.28. The van der Waals surface area contributed by atoms with Gasteiger partial charge in [-0.1, -0.05) is 19.1 Å². The number of carbonyl (C=O) groups excluding carboxylic acids is 3. The molecule has 0 unspecified atom stereocenters. The topological polar surface area (TPSA) is 100 Å². The van der Waals surface area contributed by atoms with Crippen LogP contribution in [0.2, 0.25) is 0 Å². The number of ketones is 1. The van der Waals surface area contributed by atoms with E-state index < -0.39 is 23.8 Å². The summed E-state index contributed by atoms with van der Waals surface area (Å²) in [4.78, 5) is 39.5. The number of rotatable bonds is 9. The van der Waals surface area contributed by atoms with Crippen molar-refractivity contribution >= 4 is 17.7 Å². The minimum atomic E-state index is -0.930. The molecule has 0 bridgehead atoms. The highest BCUT2D eigenvalue weighted by molar-refractivity contribution is 6.12. The Hall–Kier alpha value is -3.13. The first-order chi connectivity index (χ1) is 16.7. The fourth-order valence-corrected chi connectivity index (χ4v) is 4.70. The van der Waals surface area contributed by atoms with Crippen LogP contribution < -0.4 is 10.1 Å². The average molecular weight is 486 g/mol. The lowest BCUT2D eigenvalue weighted by Crippen LogP contribution is -2.43. The van der Waals surface area contributed by atoms with Crippen molar-refractivity contribution in [3.63, 3.8) is 0 Å². The smallest absolute Gasteiger partial charge is 0.336 e. The van der Waals surface area contributed by atoms with E-state index in [9.17, 15) is 14.4 Å². The van der Waals surface area contributed by atoms with Gasteiger partial charge in [-0.15, -0.1) is 0 Å². The van der Waals surface area contributed by atoms with Crippen LogP contribution >= 0.6 is 0 Å². The van der Waals surface area contributed by atoms with Gasteiger partial charge in [0.15, 0.2) is 5.78 Å². The lowest BCUT2D eigenvalue weighted by molar-refractivity contribution is -0.151. The predicted octanol–water partition coefficient (Wildman–Crippen LogP) is 3.67. The molecule has 1 aromatic carbocycles. The van der Waals surface area contributed by atoms with Crippen molar-refractivity contribution in [2.75, 3.05) is 26.9 Å². The first kappa shape index (κ1) is 26.5. The Morgan fingerprint density at radius 1 is 1.14 bits per heavy atom. The van der Waals surface area contributed by atoms with Gasteiger partial charge in [0.2, 0.25) is 0 Å². The van der Waals surface area contributed by atoms with Gasteiger partial charge in [-0.25, -0.2) is 4.79 Å². The first-order valence-corrected chi connectivity index (χ1v) is 12.0. The van der Waals surface area contributed by atoms with Crippen LogP contribution in [-0.2, 0) is 28.6 Å². The minimum Gasteiger partial charge on any atom is -0.494 e. The van der Waals surface area contributed by atoms with Crippen LogP contribution in [0.25, 0.3) is 0 Å². The highest BCUT2D eigenvalue weighted by Gasteiger charge is 2.47. The number of hydrogen-bond acceptors (Lipinski definition) is 8. The van der Waals surface area contributed by atoms with Crippen LogP contribution in [-0.4, -0.2) is 50.8 Å². The van der Waals surface area contributed by atoms with Gasteiger partial charge >= 0.3 is 11.9 Å². The van der Waals surface area contributed by atoms with Gasteiger partial charge in [-0.2, -0.15) is 0 Å². The van der Waals surface area contributed by atoms with Gasteiger partial charge < -0.3 is 24.3 Å². The highest BCUT2D eigenvalue weighted by Crippen LogP contribution is 2.45. The molecule has 8 heteroatoms. The Morgan fingerprint density at radius 3 is 2.43 bits per heavy atom. The number of dihydropyridines is 1. The second kappa shape index (κ2) is 11.5. The Labute approximate surface area is 206 Å².